The zero-order valence-corrected chi connectivity index (χ0v) is 12.6. The second kappa shape index (κ2) is 6.04. The van der Waals surface area contributed by atoms with Crippen LogP contribution in [0.1, 0.15) is 32.4 Å². The first kappa shape index (κ1) is 14.5. The van der Waals surface area contributed by atoms with E-state index in [0.717, 1.165) is 13.1 Å². The van der Waals surface area contributed by atoms with Gasteiger partial charge in [0.1, 0.15) is 0 Å². The standard InChI is InChI=1S/C16H27N3/c1-12-10-19(11-13(2)18(12)4)14(3)16(17)15-8-6-5-7-9-15/h5-9,12-14,16H,10-11,17H2,1-4H3. The topological polar surface area (TPSA) is 32.5 Å². The van der Waals surface area contributed by atoms with Crippen molar-refractivity contribution in [3.05, 3.63) is 35.9 Å². The van der Waals surface area contributed by atoms with Crippen LogP contribution in [0.5, 0.6) is 0 Å². The summed E-state index contributed by atoms with van der Waals surface area (Å²) in [6.45, 7) is 9.04. The molecular formula is C16H27N3. The van der Waals surface area contributed by atoms with Crippen LogP contribution in [0.3, 0.4) is 0 Å². The molecule has 1 saturated heterocycles. The number of hydrogen-bond donors (Lipinski definition) is 1. The molecular weight excluding hydrogens is 234 g/mol. The average molecular weight is 261 g/mol. The number of hydrogen-bond acceptors (Lipinski definition) is 3. The van der Waals surface area contributed by atoms with Gasteiger partial charge in [-0.15, -0.1) is 0 Å². The summed E-state index contributed by atoms with van der Waals surface area (Å²) in [5.41, 5.74) is 7.67. The van der Waals surface area contributed by atoms with Gasteiger partial charge in [0.15, 0.2) is 0 Å². The predicted octanol–water partition coefficient (Wildman–Crippen LogP) is 2.10. The monoisotopic (exact) mass is 261 g/mol. The van der Waals surface area contributed by atoms with Crippen LogP contribution >= 0.6 is 0 Å². The fourth-order valence-electron chi connectivity index (χ4n) is 2.96. The summed E-state index contributed by atoms with van der Waals surface area (Å²) in [6.07, 6.45) is 0. The van der Waals surface area contributed by atoms with Crippen LogP contribution < -0.4 is 5.73 Å². The van der Waals surface area contributed by atoms with E-state index >= 15 is 0 Å². The highest BCUT2D eigenvalue weighted by atomic mass is 15.3. The van der Waals surface area contributed by atoms with Crippen LogP contribution in [0.15, 0.2) is 30.3 Å². The highest BCUT2D eigenvalue weighted by Crippen LogP contribution is 2.22. The molecule has 0 bridgehead atoms. The largest absolute Gasteiger partial charge is 0.323 e. The maximum atomic E-state index is 6.44. The third kappa shape index (κ3) is 3.16. The molecule has 1 aromatic rings. The molecule has 2 N–H and O–H groups in total. The summed E-state index contributed by atoms with van der Waals surface area (Å²) < 4.78 is 0. The molecule has 3 heteroatoms. The van der Waals surface area contributed by atoms with E-state index in [2.05, 4.69) is 61.9 Å². The molecule has 0 saturated carbocycles. The molecule has 2 rings (SSSR count). The Morgan fingerprint density at radius 1 is 1.11 bits per heavy atom. The fraction of sp³-hybridized carbons (Fsp3) is 0.625. The summed E-state index contributed by atoms with van der Waals surface area (Å²) >= 11 is 0. The molecule has 1 fully saturated rings. The Labute approximate surface area is 117 Å². The normalized spacial score (nSPS) is 29.1. The van der Waals surface area contributed by atoms with Crippen molar-refractivity contribution in [2.24, 2.45) is 5.73 Å². The van der Waals surface area contributed by atoms with Gasteiger partial charge in [-0.3, -0.25) is 9.80 Å². The Balaban J connectivity index is 2.05. The van der Waals surface area contributed by atoms with Gasteiger partial charge >= 0.3 is 0 Å². The highest BCUT2D eigenvalue weighted by Gasteiger charge is 2.31. The molecule has 106 valence electrons. The van der Waals surface area contributed by atoms with Crippen LogP contribution in [0.25, 0.3) is 0 Å². The first-order valence-electron chi connectivity index (χ1n) is 7.27. The SMILES string of the molecule is CC(C(N)c1ccccc1)N1CC(C)N(C)C(C)C1. The molecule has 3 nitrogen and oxygen atoms in total. The van der Waals surface area contributed by atoms with Gasteiger partial charge in [-0.05, 0) is 33.4 Å². The van der Waals surface area contributed by atoms with E-state index in [1.54, 1.807) is 0 Å². The Morgan fingerprint density at radius 3 is 2.16 bits per heavy atom. The molecule has 0 radical (unpaired) electrons. The summed E-state index contributed by atoms with van der Waals surface area (Å²) in [4.78, 5) is 4.99. The molecule has 1 aliphatic rings. The lowest BCUT2D eigenvalue weighted by atomic mass is 9.98. The van der Waals surface area contributed by atoms with Gasteiger partial charge in [0.05, 0.1) is 0 Å². The lowest BCUT2D eigenvalue weighted by molar-refractivity contribution is 0.0314. The lowest BCUT2D eigenvalue weighted by Gasteiger charge is -2.46. The second-order valence-corrected chi connectivity index (χ2v) is 5.99. The molecule has 19 heavy (non-hydrogen) atoms. The van der Waals surface area contributed by atoms with Gasteiger partial charge in [0.25, 0.3) is 0 Å². The van der Waals surface area contributed by atoms with Crippen molar-refractivity contribution in [1.82, 2.24) is 9.80 Å². The summed E-state index contributed by atoms with van der Waals surface area (Å²) in [7, 11) is 2.22. The van der Waals surface area contributed by atoms with E-state index in [9.17, 15) is 0 Å². The third-order valence-corrected chi connectivity index (χ3v) is 4.67. The minimum Gasteiger partial charge on any atom is -0.323 e. The number of piperazine rings is 1. The minimum atomic E-state index is 0.0870. The Hall–Kier alpha value is -0.900. The maximum absolute atomic E-state index is 6.44. The van der Waals surface area contributed by atoms with Crippen LogP contribution in [-0.2, 0) is 0 Å². The molecule has 1 heterocycles. The van der Waals surface area contributed by atoms with E-state index in [4.69, 9.17) is 5.73 Å². The molecule has 4 atom stereocenters. The van der Waals surface area contributed by atoms with Crippen molar-refractivity contribution in [3.8, 4) is 0 Å². The van der Waals surface area contributed by atoms with E-state index < -0.39 is 0 Å². The van der Waals surface area contributed by atoms with Gasteiger partial charge in [0.2, 0.25) is 0 Å². The first-order chi connectivity index (χ1) is 9.00. The smallest absolute Gasteiger partial charge is 0.0450 e. The lowest BCUT2D eigenvalue weighted by Crippen LogP contribution is -2.58. The van der Waals surface area contributed by atoms with Gasteiger partial charge in [-0.2, -0.15) is 0 Å². The van der Waals surface area contributed by atoms with Crippen molar-refractivity contribution in [1.29, 1.82) is 0 Å². The van der Waals surface area contributed by atoms with Crippen molar-refractivity contribution in [2.75, 3.05) is 20.1 Å². The summed E-state index contributed by atoms with van der Waals surface area (Å²) in [5.74, 6) is 0. The van der Waals surface area contributed by atoms with E-state index in [0.29, 0.717) is 18.1 Å². The summed E-state index contributed by atoms with van der Waals surface area (Å²) in [5, 5.41) is 0. The molecule has 1 aliphatic heterocycles. The molecule has 1 aromatic carbocycles. The second-order valence-electron chi connectivity index (χ2n) is 5.99. The van der Waals surface area contributed by atoms with Crippen molar-refractivity contribution >= 4 is 0 Å². The van der Waals surface area contributed by atoms with Crippen LogP contribution in [0, 0.1) is 0 Å². The van der Waals surface area contributed by atoms with Gasteiger partial charge in [0, 0.05) is 37.3 Å². The Morgan fingerprint density at radius 2 is 1.63 bits per heavy atom. The molecule has 4 unspecified atom stereocenters. The van der Waals surface area contributed by atoms with Crippen LogP contribution in [0.4, 0.5) is 0 Å². The molecule has 0 aliphatic carbocycles. The van der Waals surface area contributed by atoms with E-state index in [1.165, 1.54) is 5.56 Å². The molecule has 0 aromatic heterocycles. The maximum Gasteiger partial charge on any atom is 0.0450 e. The van der Waals surface area contributed by atoms with Crippen LogP contribution in [0.2, 0.25) is 0 Å². The van der Waals surface area contributed by atoms with Crippen molar-refractivity contribution in [2.45, 2.75) is 44.9 Å². The number of likely N-dealkylation sites (N-methyl/N-ethyl adjacent to an activating group) is 1. The van der Waals surface area contributed by atoms with Gasteiger partial charge in [-0.25, -0.2) is 0 Å². The summed E-state index contributed by atoms with van der Waals surface area (Å²) in [6, 6.07) is 12.1. The minimum absolute atomic E-state index is 0.0870. The zero-order valence-electron chi connectivity index (χ0n) is 12.6. The third-order valence-electron chi connectivity index (χ3n) is 4.67. The zero-order chi connectivity index (χ0) is 14.0. The van der Waals surface area contributed by atoms with Gasteiger partial charge in [-0.1, -0.05) is 30.3 Å². The average Bonchev–Trinajstić information content (AvgIpc) is 2.43. The highest BCUT2D eigenvalue weighted by molar-refractivity contribution is 5.20. The van der Waals surface area contributed by atoms with E-state index in [-0.39, 0.29) is 6.04 Å². The Bertz CT molecular complexity index is 380. The number of rotatable bonds is 3. The Kier molecular flexibility index (Phi) is 4.61. The molecule has 0 amide bonds. The van der Waals surface area contributed by atoms with Crippen molar-refractivity contribution in [3.63, 3.8) is 0 Å². The van der Waals surface area contributed by atoms with Gasteiger partial charge < -0.3 is 5.73 Å². The predicted molar refractivity (Wildman–Crippen MR) is 81.1 cm³/mol. The number of nitrogens with two attached hydrogens (primary N) is 1. The molecule has 0 spiro atoms. The number of nitrogens with zero attached hydrogens (tertiary/aromatic N) is 2. The number of benzene rings is 1. The first-order valence-corrected chi connectivity index (χ1v) is 7.27. The van der Waals surface area contributed by atoms with E-state index in [1.807, 2.05) is 6.07 Å². The quantitative estimate of drug-likeness (QED) is 0.904. The van der Waals surface area contributed by atoms with Crippen LogP contribution in [-0.4, -0.2) is 48.1 Å². The fourth-order valence-corrected chi connectivity index (χ4v) is 2.96. The van der Waals surface area contributed by atoms with Crippen molar-refractivity contribution < 1.29 is 0 Å².